The summed E-state index contributed by atoms with van der Waals surface area (Å²) in [6.45, 7) is 1.76. The molecule has 0 spiro atoms. The molecule has 5 aliphatic carbocycles. The SMILES string of the molecule is CN(Cc1cc2ccccc2[nH]1)CC1(O)C2C3CC4C5C3CC2C5C41. The highest BCUT2D eigenvalue weighted by Crippen LogP contribution is 2.85. The van der Waals surface area contributed by atoms with E-state index in [9.17, 15) is 5.11 Å². The van der Waals surface area contributed by atoms with Gasteiger partial charge in [-0.15, -0.1) is 0 Å². The van der Waals surface area contributed by atoms with Gasteiger partial charge < -0.3 is 10.1 Å². The molecular weight excluding hydrogens is 308 g/mol. The third kappa shape index (κ3) is 1.42. The smallest absolute Gasteiger partial charge is 0.0841 e. The summed E-state index contributed by atoms with van der Waals surface area (Å²) in [5.74, 6) is 6.75. The van der Waals surface area contributed by atoms with Gasteiger partial charge in [-0.1, -0.05) is 18.2 Å². The lowest BCUT2D eigenvalue weighted by Crippen LogP contribution is -2.58. The number of aromatic nitrogens is 1. The zero-order valence-electron chi connectivity index (χ0n) is 14.7. The molecule has 9 atom stereocenters. The van der Waals surface area contributed by atoms with E-state index >= 15 is 0 Å². The number of benzene rings is 1. The Balaban J connectivity index is 1.16. The van der Waals surface area contributed by atoms with E-state index in [2.05, 4.69) is 47.3 Å². The zero-order valence-corrected chi connectivity index (χ0v) is 14.7. The topological polar surface area (TPSA) is 39.3 Å². The number of nitrogens with zero attached hydrogens (tertiary/aromatic N) is 1. The molecule has 2 N–H and O–H groups in total. The third-order valence-corrected chi connectivity index (χ3v) is 9.07. The Morgan fingerprint density at radius 3 is 2.76 bits per heavy atom. The summed E-state index contributed by atoms with van der Waals surface area (Å²) in [5.41, 5.74) is 2.07. The van der Waals surface area contributed by atoms with E-state index in [1.54, 1.807) is 0 Å². The van der Waals surface area contributed by atoms with Crippen molar-refractivity contribution in [2.45, 2.75) is 25.0 Å². The molecule has 3 nitrogen and oxygen atoms in total. The van der Waals surface area contributed by atoms with Gasteiger partial charge in [-0.2, -0.15) is 0 Å². The fourth-order valence-electron chi connectivity index (χ4n) is 8.93. The van der Waals surface area contributed by atoms with Crippen molar-refractivity contribution in [1.29, 1.82) is 0 Å². The molecule has 5 fully saturated rings. The molecule has 25 heavy (non-hydrogen) atoms. The lowest BCUT2D eigenvalue weighted by molar-refractivity contribution is -0.141. The quantitative estimate of drug-likeness (QED) is 0.902. The summed E-state index contributed by atoms with van der Waals surface area (Å²) in [4.78, 5) is 5.91. The van der Waals surface area contributed by atoms with Gasteiger partial charge >= 0.3 is 0 Å². The van der Waals surface area contributed by atoms with Crippen LogP contribution in [0.2, 0.25) is 0 Å². The normalized spacial score (nSPS) is 50.5. The standard InChI is InChI=1S/C22H26N2O/c1-24(9-12-6-11-4-2-3-5-17(11)23-12)10-22(25)20-14-8-15-18-13(14)7-16(20)19(18)21(15)22/h2-6,13-16,18-21,23,25H,7-10H2,1H3. The molecule has 0 amide bonds. The molecule has 5 saturated carbocycles. The van der Waals surface area contributed by atoms with Crippen molar-refractivity contribution >= 4 is 10.9 Å². The highest BCUT2D eigenvalue weighted by molar-refractivity contribution is 5.80. The van der Waals surface area contributed by atoms with E-state index < -0.39 is 5.60 Å². The van der Waals surface area contributed by atoms with Crippen LogP contribution in [-0.4, -0.2) is 34.2 Å². The molecule has 9 unspecified atom stereocenters. The predicted molar refractivity (Wildman–Crippen MR) is 96.7 cm³/mol. The van der Waals surface area contributed by atoms with Gasteiger partial charge in [0.05, 0.1) is 5.60 Å². The summed E-state index contributed by atoms with van der Waals surface area (Å²) < 4.78 is 0. The van der Waals surface area contributed by atoms with Gasteiger partial charge in [0.2, 0.25) is 0 Å². The van der Waals surface area contributed by atoms with Crippen LogP contribution in [0.5, 0.6) is 0 Å². The average molecular weight is 334 g/mol. The van der Waals surface area contributed by atoms with Crippen LogP contribution in [0.25, 0.3) is 10.9 Å². The van der Waals surface area contributed by atoms with E-state index in [0.29, 0.717) is 11.8 Å². The van der Waals surface area contributed by atoms with Gasteiger partial charge in [-0.25, -0.2) is 0 Å². The molecule has 2 aromatic rings. The molecule has 5 aliphatic rings. The lowest BCUT2D eigenvalue weighted by atomic mass is 9.56. The van der Waals surface area contributed by atoms with Crippen LogP contribution in [0.3, 0.4) is 0 Å². The fraction of sp³-hybridized carbons (Fsp3) is 0.636. The van der Waals surface area contributed by atoms with Crippen LogP contribution in [0.15, 0.2) is 30.3 Å². The Bertz CT molecular complexity index is 850. The number of rotatable bonds is 4. The van der Waals surface area contributed by atoms with Crippen molar-refractivity contribution in [3.63, 3.8) is 0 Å². The monoisotopic (exact) mass is 334 g/mol. The fourth-order valence-corrected chi connectivity index (χ4v) is 8.93. The van der Waals surface area contributed by atoms with Crippen molar-refractivity contribution in [1.82, 2.24) is 9.88 Å². The van der Waals surface area contributed by atoms with Crippen LogP contribution in [0.1, 0.15) is 18.5 Å². The first-order valence-corrected chi connectivity index (χ1v) is 10.1. The van der Waals surface area contributed by atoms with E-state index in [-0.39, 0.29) is 0 Å². The average Bonchev–Trinajstić information content (AvgIpc) is 3.19. The number of H-pyrrole nitrogens is 1. The zero-order chi connectivity index (χ0) is 16.5. The maximum atomic E-state index is 11.8. The minimum atomic E-state index is -0.397. The van der Waals surface area contributed by atoms with E-state index in [0.717, 1.165) is 48.6 Å². The van der Waals surface area contributed by atoms with Crippen molar-refractivity contribution in [3.05, 3.63) is 36.0 Å². The van der Waals surface area contributed by atoms with E-state index in [1.165, 1.54) is 29.4 Å². The van der Waals surface area contributed by atoms with Crippen molar-refractivity contribution in [2.75, 3.05) is 13.6 Å². The van der Waals surface area contributed by atoms with Gasteiger partial charge in [0.15, 0.2) is 0 Å². The summed E-state index contributed by atoms with van der Waals surface area (Å²) in [6, 6.07) is 10.7. The minimum absolute atomic E-state index is 0.397. The number of hydrogen-bond acceptors (Lipinski definition) is 2. The number of para-hydroxylation sites is 1. The second-order valence-corrected chi connectivity index (χ2v) is 9.88. The second kappa shape index (κ2) is 4.15. The Hall–Kier alpha value is -1.32. The van der Waals surface area contributed by atoms with Crippen LogP contribution >= 0.6 is 0 Å². The molecule has 1 heterocycles. The van der Waals surface area contributed by atoms with Gasteiger partial charge in [0.1, 0.15) is 0 Å². The second-order valence-electron chi connectivity index (χ2n) is 9.88. The molecule has 2 bridgehead atoms. The van der Waals surface area contributed by atoms with Crippen molar-refractivity contribution in [2.24, 2.45) is 47.3 Å². The molecule has 1 aromatic carbocycles. The summed E-state index contributed by atoms with van der Waals surface area (Å²) >= 11 is 0. The van der Waals surface area contributed by atoms with Gasteiger partial charge in [-0.3, -0.25) is 4.90 Å². The maximum absolute atomic E-state index is 11.8. The molecule has 7 rings (SSSR count). The van der Waals surface area contributed by atoms with Gasteiger partial charge in [0, 0.05) is 24.3 Å². The van der Waals surface area contributed by atoms with Crippen LogP contribution in [0, 0.1) is 47.3 Å². The summed E-state index contributed by atoms with van der Waals surface area (Å²) in [5, 5.41) is 13.1. The van der Waals surface area contributed by atoms with Crippen LogP contribution in [-0.2, 0) is 6.54 Å². The maximum Gasteiger partial charge on any atom is 0.0841 e. The molecule has 0 aliphatic heterocycles. The number of hydrogen-bond donors (Lipinski definition) is 2. The molecule has 0 saturated heterocycles. The first-order chi connectivity index (χ1) is 12.1. The van der Waals surface area contributed by atoms with E-state index in [1.807, 2.05) is 0 Å². The molecule has 0 radical (unpaired) electrons. The first-order valence-electron chi connectivity index (χ1n) is 10.1. The van der Waals surface area contributed by atoms with Crippen LogP contribution in [0.4, 0.5) is 0 Å². The molecule has 130 valence electrons. The summed E-state index contributed by atoms with van der Waals surface area (Å²) in [7, 11) is 2.19. The Kier molecular flexibility index (Phi) is 2.30. The predicted octanol–water partition coefficient (Wildman–Crippen LogP) is 3.11. The van der Waals surface area contributed by atoms with Gasteiger partial charge in [0.25, 0.3) is 0 Å². The Morgan fingerprint density at radius 1 is 1.08 bits per heavy atom. The molecule has 3 heteroatoms. The van der Waals surface area contributed by atoms with E-state index in [4.69, 9.17) is 0 Å². The number of nitrogens with one attached hydrogen (secondary N) is 1. The number of fused-ring (bicyclic) bond motifs is 3. The Morgan fingerprint density at radius 2 is 1.88 bits per heavy atom. The minimum Gasteiger partial charge on any atom is -0.388 e. The lowest BCUT2D eigenvalue weighted by Gasteiger charge is -2.52. The van der Waals surface area contributed by atoms with Crippen molar-refractivity contribution in [3.8, 4) is 0 Å². The highest BCUT2D eigenvalue weighted by atomic mass is 16.3. The highest BCUT2D eigenvalue weighted by Gasteiger charge is 2.84. The number of aliphatic hydroxyl groups is 1. The largest absolute Gasteiger partial charge is 0.388 e. The van der Waals surface area contributed by atoms with Crippen LogP contribution < -0.4 is 0 Å². The molecular formula is C22H26N2O. The van der Waals surface area contributed by atoms with Gasteiger partial charge in [-0.05, 0) is 84.8 Å². The number of aromatic amines is 1. The third-order valence-electron chi connectivity index (χ3n) is 9.07. The van der Waals surface area contributed by atoms with Crippen molar-refractivity contribution < 1.29 is 5.11 Å². The number of likely N-dealkylation sites (N-methyl/N-ethyl adjacent to an activating group) is 1. The molecule has 1 aromatic heterocycles. The first kappa shape index (κ1) is 13.8. The summed E-state index contributed by atoms with van der Waals surface area (Å²) in [6.07, 6.45) is 2.90. The Labute approximate surface area is 148 Å².